The Morgan fingerprint density at radius 1 is 0.891 bits per heavy atom. The molecular formula is C35H30Cl3N3O4S. The van der Waals surface area contributed by atoms with Crippen LogP contribution in [-0.4, -0.2) is 36.7 Å². The summed E-state index contributed by atoms with van der Waals surface area (Å²) in [5.74, 6) is 0.354. The lowest BCUT2D eigenvalue weighted by molar-refractivity contribution is -0.115. The fourth-order valence-corrected chi connectivity index (χ4v) is 7.75. The van der Waals surface area contributed by atoms with Crippen LogP contribution < -0.4 is 10.1 Å². The van der Waals surface area contributed by atoms with E-state index in [2.05, 4.69) is 5.32 Å². The van der Waals surface area contributed by atoms with Crippen molar-refractivity contribution in [3.8, 4) is 22.6 Å². The molecule has 0 unspecified atom stereocenters. The summed E-state index contributed by atoms with van der Waals surface area (Å²) < 4.78 is 34.8. The van der Waals surface area contributed by atoms with Crippen molar-refractivity contribution < 1.29 is 17.9 Å². The number of carbonyl (C=O) groups excluding carboxylic acids is 1. The number of anilines is 1. The highest BCUT2D eigenvalue weighted by Gasteiger charge is 2.27. The van der Waals surface area contributed by atoms with Gasteiger partial charge < -0.3 is 10.1 Å². The zero-order valence-corrected chi connectivity index (χ0v) is 28.0. The zero-order chi connectivity index (χ0) is 32.4. The van der Waals surface area contributed by atoms with Gasteiger partial charge in [0.15, 0.2) is 5.75 Å². The second kappa shape index (κ2) is 13.6. The number of rotatable bonds is 8. The highest BCUT2D eigenvalue weighted by molar-refractivity contribution is 7.89. The number of nitrogens with zero attached hydrogens (tertiary/aromatic N) is 2. The Hall–Kier alpha value is -3.66. The normalized spacial score (nSPS) is 13.9. The summed E-state index contributed by atoms with van der Waals surface area (Å²) in [4.78, 5) is 18.7. The van der Waals surface area contributed by atoms with Gasteiger partial charge in [-0.25, -0.2) is 8.42 Å². The monoisotopic (exact) mass is 693 g/mol. The van der Waals surface area contributed by atoms with E-state index in [9.17, 15) is 13.2 Å². The molecule has 6 rings (SSSR count). The van der Waals surface area contributed by atoms with Crippen molar-refractivity contribution in [2.75, 3.05) is 18.4 Å². The van der Waals surface area contributed by atoms with E-state index in [1.54, 1.807) is 42.5 Å². The van der Waals surface area contributed by atoms with E-state index in [1.165, 1.54) is 16.4 Å². The Kier molecular flexibility index (Phi) is 9.54. The fraction of sp³-hybridized carbons (Fsp3) is 0.200. The number of pyridine rings is 1. The molecule has 0 bridgehead atoms. The topological polar surface area (TPSA) is 88.6 Å². The highest BCUT2D eigenvalue weighted by atomic mass is 35.5. The quantitative estimate of drug-likeness (QED) is 0.175. The zero-order valence-electron chi connectivity index (χ0n) is 24.9. The van der Waals surface area contributed by atoms with E-state index < -0.39 is 15.9 Å². The Labute approximate surface area is 283 Å². The number of aromatic nitrogens is 1. The predicted octanol–water partition coefficient (Wildman–Crippen LogP) is 9.32. The van der Waals surface area contributed by atoms with Gasteiger partial charge in [0.2, 0.25) is 15.9 Å². The second-order valence-corrected chi connectivity index (χ2v) is 14.3. The van der Waals surface area contributed by atoms with Crippen LogP contribution in [0.1, 0.15) is 30.5 Å². The van der Waals surface area contributed by atoms with Crippen LogP contribution in [0.3, 0.4) is 0 Å². The van der Waals surface area contributed by atoms with Crippen LogP contribution in [0.2, 0.25) is 15.1 Å². The molecule has 1 N–H and O–H groups in total. The summed E-state index contributed by atoms with van der Waals surface area (Å²) in [5, 5.41) is 5.27. The number of halogens is 3. The number of sulfonamides is 1. The van der Waals surface area contributed by atoms with Crippen molar-refractivity contribution in [3.05, 3.63) is 111 Å². The van der Waals surface area contributed by atoms with Crippen LogP contribution in [0.15, 0.2) is 89.8 Å². The number of hydrogen-bond acceptors (Lipinski definition) is 5. The SMILES string of the molecule is Cc1nc2ccc(Cl)cc2c(-c2ccccc2Cl)c1CC(=O)Nc1cc(S(=O)(=O)N2CCCCC2)ccc1Oc1ccc(Cl)cc1. The van der Waals surface area contributed by atoms with Gasteiger partial charge in [-0.3, -0.25) is 9.78 Å². The number of aryl methyl sites for hydroxylation is 1. The first-order chi connectivity index (χ1) is 22.1. The van der Waals surface area contributed by atoms with Gasteiger partial charge >= 0.3 is 0 Å². The number of nitrogens with one attached hydrogen (secondary N) is 1. The third kappa shape index (κ3) is 6.87. The summed E-state index contributed by atoms with van der Waals surface area (Å²) in [7, 11) is -3.79. The van der Waals surface area contributed by atoms with Crippen LogP contribution in [-0.2, 0) is 21.2 Å². The minimum atomic E-state index is -3.79. The third-order valence-electron chi connectivity index (χ3n) is 7.95. The molecule has 46 heavy (non-hydrogen) atoms. The van der Waals surface area contributed by atoms with Crippen LogP contribution >= 0.6 is 34.8 Å². The minimum Gasteiger partial charge on any atom is -0.455 e. The van der Waals surface area contributed by atoms with Gasteiger partial charge in [-0.2, -0.15) is 4.31 Å². The molecule has 0 saturated carbocycles. The Bertz CT molecular complexity index is 2050. The number of amides is 1. The van der Waals surface area contributed by atoms with Crippen molar-refractivity contribution in [3.63, 3.8) is 0 Å². The van der Waals surface area contributed by atoms with Gasteiger partial charge in [-0.05, 0) is 97.6 Å². The van der Waals surface area contributed by atoms with Crippen LogP contribution in [0, 0.1) is 6.92 Å². The molecule has 1 amide bonds. The highest BCUT2D eigenvalue weighted by Crippen LogP contribution is 2.39. The Morgan fingerprint density at radius 3 is 2.35 bits per heavy atom. The lowest BCUT2D eigenvalue weighted by Gasteiger charge is -2.26. The van der Waals surface area contributed by atoms with E-state index in [0.717, 1.165) is 41.3 Å². The van der Waals surface area contributed by atoms with Gasteiger partial charge in [-0.15, -0.1) is 0 Å². The average molecular weight is 695 g/mol. The Balaban J connectivity index is 1.40. The second-order valence-electron chi connectivity index (χ2n) is 11.1. The molecule has 0 spiro atoms. The van der Waals surface area contributed by atoms with E-state index in [4.69, 9.17) is 44.5 Å². The molecule has 236 valence electrons. The van der Waals surface area contributed by atoms with Gasteiger partial charge in [0.25, 0.3) is 0 Å². The molecule has 1 aliphatic heterocycles. The summed E-state index contributed by atoms with van der Waals surface area (Å²) in [6, 6.07) is 24.1. The standard InChI is InChI=1S/C35H30Cl3N3O4S/c1-22-28(35(27-7-3-4-8-30(27)38)29-19-24(37)11-15-31(29)39-22)21-34(42)40-32-20-26(46(43,44)41-17-5-2-6-18-41)14-16-33(32)45-25-12-9-23(36)10-13-25/h3-4,7-16,19-20H,2,5-6,17-18,21H2,1H3,(H,40,42). The van der Waals surface area contributed by atoms with Gasteiger partial charge in [0.05, 0.1) is 22.5 Å². The maximum absolute atomic E-state index is 13.9. The maximum atomic E-state index is 13.9. The molecule has 1 aromatic heterocycles. The summed E-state index contributed by atoms with van der Waals surface area (Å²) in [6.07, 6.45) is 2.52. The lowest BCUT2D eigenvalue weighted by atomic mass is 9.92. The first-order valence-corrected chi connectivity index (χ1v) is 17.4. The van der Waals surface area contributed by atoms with Gasteiger partial charge in [0, 0.05) is 44.8 Å². The molecule has 11 heteroatoms. The summed E-state index contributed by atoms with van der Waals surface area (Å²) in [5.41, 5.74) is 3.74. The number of fused-ring (bicyclic) bond motifs is 1. The van der Waals surface area contributed by atoms with E-state index in [0.29, 0.717) is 45.2 Å². The van der Waals surface area contributed by atoms with Crippen LogP contribution in [0.4, 0.5) is 5.69 Å². The molecule has 5 aromatic rings. The first kappa shape index (κ1) is 32.3. The molecule has 0 atom stereocenters. The van der Waals surface area contributed by atoms with E-state index in [-0.39, 0.29) is 22.8 Å². The molecule has 4 aromatic carbocycles. The van der Waals surface area contributed by atoms with Crippen LogP contribution in [0.5, 0.6) is 11.5 Å². The number of piperidine rings is 1. The number of benzene rings is 4. The molecule has 1 saturated heterocycles. The number of hydrogen-bond donors (Lipinski definition) is 1. The molecule has 1 aliphatic rings. The third-order valence-corrected chi connectivity index (χ3v) is 10.7. The lowest BCUT2D eigenvalue weighted by Crippen LogP contribution is -2.35. The molecule has 2 heterocycles. The average Bonchev–Trinajstić information content (AvgIpc) is 3.04. The summed E-state index contributed by atoms with van der Waals surface area (Å²) >= 11 is 19.1. The smallest absolute Gasteiger partial charge is 0.243 e. The maximum Gasteiger partial charge on any atom is 0.243 e. The van der Waals surface area contributed by atoms with Crippen molar-refractivity contribution >= 4 is 67.3 Å². The fourth-order valence-electron chi connectivity index (χ4n) is 5.68. The molecule has 0 aliphatic carbocycles. The van der Waals surface area contributed by atoms with Crippen molar-refractivity contribution in [1.82, 2.24) is 9.29 Å². The molecule has 1 fully saturated rings. The van der Waals surface area contributed by atoms with E-state index >= 15 is 0 Å². The number of ether oxygens (including phenoxy) is 1. The first-order valence-electron chi connectivity index (χ1n) is 14.8. The predicted molar refractivity (Wildman–Crippen MR) is 185 cm³/mol. The molecule has 7 nitrogen and oxygen atoms in total. The molecule has 0 radical (unpaired) electrons. The van der Waals surface area contributed by atoms with Crippen molar-refractivity contribution in [1.29, 1.82) is 0 Å². The largest absolute Gasteiger partial charge is 0.455 e. The molecular weight excluding hydrogens is 665 g/mol. The summed E-state index contributed by atoms with van der Waals surface area (Å²) in [6.45, 7) is 2.75. The number of carbonyl (C=O) groups is 1. The minimum absolute atomic E-state index is 0.0723. The van der Waals surface area contributed by atoms with Crippen LogP contribution in [0.25, 0.3) is 22.0 Å². The van der Waals surface area contributed by atoms with Crippen molar-refractivity contribution in [2.45, 2.75) is 37.5 Å². The van der Waals surface area contributed by atoms with Gasteiger partial charge in [0.1, 0.15) is 5.75 Å². The van der Waals surface area contributed by atoms with Gasteiger partial charge in [-0.1, -0.05) is 59.4 Å². The van der Waals surface area contributed by atoms with E-state index in [1.807, 2.05) is 37.3 Å². The van der Waals surface area contributed by atoms with Crippen molar-refractivity contribution in [2.24, 2.45) is 0 Å². The Morgan fingerprint density at radius 2 is 1.61 bits per heavy atom.